The van der Waals surface area contributed by atoms with Gasteiger partial charge in [-0.3, -0.25) is 4.79 Å². The van der Waals surface area contributed by atoms with Crippen molar-refractivity contribution < 1.29 is 13.6 Å². The molecule has 19 heavy (non-hydrogen) atoms. The zero-order chi connectivity index (χ0) is 13.2. The Morgan fingerprint density at radius 3 is 2.84 bits per heavy atom. The van der Waals surface area contributed by atoms with E-state index in [1.54, 1.807) is 29.4 Å². The highest BCUT2D eigenvalue weighted by molar-refractivity contribution is 5.94. The van der Waals surface area contributed by atoms with Crippen molar-refractivity contribution in [2.45, 2.75) is 18.9 Å². The number of rotatable bonds is 2. The Labute approximate surface area is 110 Å². The number of halogens is 1. The van der Waals surface area contributed by atoms with Crippen molar-refractivity contribution in [1.29, 1.82) is 0 Å². The molecule has 0 bridgehead atoms. The molecule has 0 aliphatic carbocycles. The highest BCUT2D eigenvalue weighted by Crippen LogP contribution is 2.33. The molecule has 98 valence electrons. The fraction of sp³-hybridized carbons (Fsp3) is 0.267. The van der Waals surface area contributed by atoms with Crippen molar-refractivity contribution >= 4 is 5.91 Å². The minimum absolute atomic E-state index is 0.0814. The Morgan fingerprint density at radius 2 is 2.11 bits per heavy atom. The van der Waals surface area contributed by atoms with E-state index in [1.165, 1.54) is 12.1 Å². The lowest BCUT2D eigenvalue weighted by Gasteiger charge is -2.23. The molecule has 1 aromatic heterocycles. The fourth-order valence-electron chi connectivity index (χ4n) is 2.58. The second kappa shape index (κ2) is 4.88. The van der Waals surface area contributed by atoms with E-state index in [0.717, 1.165) is 18.6 Å². The summed E-state index contributed by atoms with van der Waals surface area (Å²) < 4.78 is 19.1. The third kappa shape index (κ3) is 2.14. The van der Waals surface area contributed by atoms with Crippen LogP contribution in [0.3, 0.4) is 0 Å². The third-order valence-corrected chi connectivity index (χ3v) is 3.49. The lowest BCUT2D eigenvalue weighted by molar-refractivity contribution is 0.0715. The number of likely N-dealkylation sites (tertiary alicyclic amines) is 1. The van der Waals surface area contributed by atoms with E-state index in [9.17, 15) is 9.18 Å². The van der Waals surface area contributed by atoms with Crippen LogP contribution in [0.4, 0.5) is 4.39 Å². The maximum Gasteiger partial charge on any atom is 0.257 e. The Bertz CT molecular complexity index is 580. The summed E-state index contributed by atoms with van der Waals surface area (Å²) in [4.78, 5) is 14.1. The molecule has 2 aromatic rings. The standard InChI is InChI=1S/C15H14FNO2/c16-12-6-2-1-5-11(12)15(18)17-9-3-7-13(17)14-8-4-10-19-14/h1-2,4-6,8,10,13H,3,7,9H2. The zero-order valence-electron chi connectivity index (χ0n) is 10.4. The first-order valence-electron chi connectivity index (χ1n) is 6.36. The summed E-state index contributed by atoms with van der Waals surface area (Å²) in [7, 11) is 0. The van der Waals surface area contributed by atoms with Crippen molar-refractivity contribution in [3.05, 3.63) is 59.8 Å². The predicted octanol–water partition coefficient (Wildman–Crippen LogP) is 3.40. The summed E-state index contributed by atoms with van der Waals surface area (Å²) in [5.41, 5.74) is 0.126. The van der Waals surface area contributed by atoms with E-state index < -0.39 is 5.82 Å². The summed E-state index contributed by atoms with van der Waals surface area (Å²) >= 11 is 0. The summed E-state index contributed by atoms with van der Waals surface area (Å²) in [6, 6.07) is 9.67. The Morgan fingerprint density at radius 1 is 1.26 bits per heavy atom. The molecule has 2 heterocycles. The lowest BCUT2D eigenvalue weighted by Crippen LogP contribution is -2.31. The van der Waals surface area contributed by atoms with Crippen LogP contribution in [-0.4, -0.2) is 17.4 Å². The lowest BCUT2D eigenvalue weighted by atomic mass is 10.1. The van der Waals surface area contributed by atoms with Gasteiger partial charge in [-0.2, -0.15) is 0 Å². The average Bonchev–Trinajstić information content (AvgIpc) is 3.09. The first-order valence-corrected chi connectivity index (χ1v) is 6.36. The number of benzene rings is 1. The van der Waals surface area contributed by atoms with Gasteiger partial charge in [-0.15, -0.1) is 0 Å². The molecule has 1 atom stereocenters. The molecule has 0 N–H and O–H groups in total. The summed E-state index contributed by atoms with van der Waals surface area (Å²) in [6.07, 6.45) is 3.36. The third-order valence-electron chi connectivity index (χ3n) is 3.49. The largest absolute Gasteiger partial charge is 0.467 e. The van der Waals surface area contributed by atoms with Crippen LogP contribution in [0, 0.1) is 5.82 Å². The molecule has 0 saturated carbocycles. The van der Waals surface area contributed by atoms with Gasteiger partial charge >= 0.3 is 0 Å². The average molecular weight is 259 g/mol. The Balaban J connectivity index is 1.89. The van der Waals surface area contributed by atoms with Crippen molar-refractivity contribution in [3.63, 3.8) is 0 Å². The van der Waals surface area contributed by atoms with E-state index >= 15 is 0 Å². The first-order chi connectivity index (χ1) is 9.27. The van der Waals surface area contributed by atoms with Crippen LogP contribution in [0.25, 0.3) is 0 Å². The molecule has 3 nitrogen and oxygen atoms in total. The number of hydrogen-bond donors (Lipinski definition) is 0. The van der Waals surface area contributed by atoms with Gasteiger partial charge in [-0.05, 0) is 37.1 Å². The maximum atomic E-state index is 13.7. The Kier molecular flexibility index (Phi) is 3.07. The van der Waals surface area contributed by atoms with Gasteiger partial charge in [0.1, 0.15) is 11.6 Å². The smallest absolute Gasteiger partial charge is 0.257 e. The van der Waals surface area contributed by atoms with Crippen molar-refractivity contribution in [2.75, 3.05) is 6.54 Å². The quantitative estimate of drug-likeness (QED) is 0.828. The topological polar surface area (TPSA) is 33.5 Å². The molecule has 1 aliphatic rings. The van der Waals surface area contributed by atoms with Crippen LogP contribution in [0.2, 0.25) is 0 Å². The minimum Gasteiger partial charge on any atom is -0.467 e. The summed E-state index contributed by atoms with van der Waals surface area (Å²) in [5, 5.41) is 0. The fourth-order valence-corrected chi connectivity index (χ4v) is 2.58. The molecule has 1 saturated heterocycles. The van der Waals surface area contributed by atoms with Crippen LogP contribution in [-0.2, 0) is 0 Å². The van der Waals surface area contributed by atoms with Gasteiger partial charge in [0.05, 0.1) is 17.9 Å². The zero-order valence-corrected chi connectivity index (χ0v) is 10.4. The molecule has 0 radical (unpaired) electrons. The summed E-state index contributed by atoms with van der Waals surface area (Å²) in [5.74, 6) is 0.0248. The van der Waals surface area contributed by atoms with Crippen molar-refractivity contribution in [2.24, 2.45) is 0 Å². The molecule has 3 rings (SSSR count). The number of furan rings is 1. The van der Waals surface area contributed by atoms with E-state index in [0.29, 0.717) is 6.54 Å². The highest BCUT2D eigenvalue weighted by atomic mass is 19.1. The number of amides is 1. The van der Waals surface area contributed by atoms with E-state index in [1.807, 2.05) is 6.07 Å². The van der Waals surface area contributed by atoms with Crippen molar-refractivity contribution in [3.8, 4) is 0 Å². The van der Waals surface area contributed by atoms with Gasteiger partial charge in [0.15, 0.2) is 0 Å². The molecule has 1 fully saturated rings. The molecule has 4 heteroatoms. The van der Waals surface area contributed by atoms with Crippen LogP contribution in [0.1, 0.15) is 35.0 Å². The van der Waals surface area contributed by atoms with Crippen LogP contribution < -0.4 is 0 Å². The number of nitrogens with zero attached hydrogens (tertiary/aromatic N) is 1. The molecule has 1 aromatic carbocycles. The van der Waals surface area contributed by atoms with Gasteiger partial charge < -0.3 is 9.32 Å². The molecule has 0 spiro atoms. The van der Waals surface area contributed by atoms with Gasteiger partial charge in [0.2, 0.25) is 0 Å². The molecule has 1 unspecified atom stereocenters. The minimum atomic E-state index is -0.474. The van der Waals surface area contributed by atoms with Crippen LogP contribution in [0.15, 0.2) is 47.1 Å². The number of carbonyl (C=O) groups is 1. The molecule has 1 aliphatic heterocycles. The number of hydrogen-bond acceptors (Lipinski definition) is 2. The van der Waals surface area contributed by atoms with Gasteiger partial charge in [0, 0.05) is 6.54 Å². The van der Waals surface area contributed by atoms with Crippen molar-refractivity contribution in [1.82, 2.24) is 4.90 Å². The van der Waals surface area contributed by atoms with Crippen LogP contribution in [0.5, 0.6) is 0 Å². The second-order valence-electron chi connectivity index (χ2n) is 4.65. The predicted molar refractivity (Wildman–Crippen MR) is 68.1 cm³/mol. The summed E-state index contributed by atoms with van der Waals surface area (Å²) in [6.45, 7) is 0.637. The second-order valence-corrected chi connectivity index (χ2v) is 4.65. The number of carbonyl (C=O) groups excluding carboxylic acids is 1. The van der Waals surface area contributed by atoms with Gasteiger partial charge in [-0.1, -0.05) is 12.1 Å². The highest BCUT2D eigenvalue weighted by Gasteiger charge is 2.33. The first kappa shape index (κ1) is 12.0. The Hall–Kier alpha value is -2.10. The van der Waals surface area contributed by atoms with Crippen LogP contribution >= 0.6 is 0 Å². The SMILES string of the molecule is O=C(c1ccccc1F)N1CCCC1c1ccco1. The van der Waals surface area contributed by atoms with E-state index in [4.69, 9.17) is 4.42 Å². The molecule has 1 amide bonds. The normalized spacial score (nSPS) is 18.8. The van der Waals surface area contributed by atoms with Gasteiger partial charge in [0.25, 0.3) is 5.91 Å². The van der Waals surface area contributed by atoms with E-state index in [-0.39, 0.29) is 17.5 Å². The monoisotopic (exact) mass is 259 g/mol. The maximum absolute atomic E-state index is 13.7. The molecular formula is C15H14FNO2. The molecular weight excluding hydrogens is 245 g/mol. The van der Waals surface area contributed by atoms with Gasteiger partial charge in [-0.25, -0.2) is 4.39 Å². The van der Waals surface area contributed by atoms with E-state index in [2.05, 4.69) is 0 Å².